The molecular weight excluding hydrogens is 375 g/mol. The number of hydrogen-bond acceptors (Lipinski definition) is 3. The first-order chi connectivity index (χ1) is 11.4. The average molecular weight is 395 g/mol. The molecule has 24 heavy (non-hydrogen) atoms. The van der Waals surface area contributed by atoms with Gasteiger partial charge in [-0.3, -0.25) is 9.59 Å². The first-order valence-electron chi connectivity index (χ1n) is 7.85. The zero-order chi connectivity index (χ0) is 17.7. The second-order valence-electron chi connectivity index (χ2n) is 5.76. The van der Waals surface area contributed by atoms with Gasteiger partial charge in [0.25, 0.3) is 5.91 Å². The van der Waals surface area contributed by atoms with Crippen molar-refractivity contribution in [2.75, 3.05) is 31.6 Å². The summed E-state index contributed by atoms with van der Waals surface area (Å²) in [6, 6.07) is 3.05. The Morgan fingerprint density at radius 3 is 2.58 bits per heavy atom. The predicted octanol–water partition coefficient (Wildman–Crippen LogP) is 2.44. The fraction of sp³-hybridized carbons (Fsp3) is 0.500. The number of benzene rings is 1. The Kier molecular flexibility index (Phi) is 7.16. The van der Waals surface area contributed by atoms with Gasteiger partial charge in [0.1, 0.15) is 5.92 Å². The lowest BCUT2D eigenvalue weighted by Crippen LogP contribution is -3.14. The second-order valence-corrected chi connectivity index (χ2v) is 7.02. The number of amides is 1. The molecule has 5 nitrogen and oxygen atoms in total. The third-order valence-electron chi connectivity index (χ3n) is 3.92. The van der Waals surface area contributed by atoms with Crippen LogP contribution in [0.25, 0.3) is 0 Å². The molecule has 8 heteroatoms. The zero-order valence-corrected chi connectivity index (χ0v) is 15.6. The molecule has 0 saturated carbocycles. The average Bonchev–Trinajstić information content (AvgIpc) is 2.51. The molecule has 1 saturated heterocycles. The van der Waals surface area contributed by atoms with E-state index in [1.54, 1.807) is 6.92 Å². The maximum atomic E-state index is 12.3. The molecule has 1 amide bonds. The van der Waals surface area contributed by atoms with Crippen molar-refractivity contribution in [3.63, 3.8) is 0 Å². The largest absolute Gasteiger partial charge is 0.466 e. The quantitative estimate of drug-likeness (QED) is 0.754. The number of ether oxygens (including phenoxy) is 1. The fourth-order valence-corrected chi connectivity index (χ4v) is 3.76. The summed E-state index contributed by atoms with van der Waals surface area (Å²) in [5.41, 5.74) is 0.353. The lowest BCUT2D eigenvalue weighted by molar-refractivity contribution is -0.899. The number of halogens is 3. The number of piperidine rings is 1. The van der Waals surface area contributed by atoms with Crippen LogP contribution < -0.4 is 10.2 Å². The van der Waals surface area contributed by atoms with Crippen molar-refractivity contribution < 1.29 is 19.2 Å². The molecule has 1 unspecified atom stereocenters. The summed E-state index contributed by atoms with van der Waals surface area (Å²) in [7, 11) is 0. The molecule has 1 fully saturated rings. The molecule has 132 valence electrons. The van der Waals surface area contributed by atoms with Crippen LogP contribution in [0.1, 0.15) is 19.8 Å². The van der Waals surface area contributed by atoms with Crippen LogP contribution in [0.5, 0.6) is 0 Å². The van der Waals surface area contributed by atoms with Gasteiger partial charge in [0.15, 0.2) is 6.54 Å². The van der Waals surface area contributed by atoms with Gasteiger partial charge in [0, 0.05) is 5.02 Å². The maximum Gasteiger partial charge on any atom is 0.314 e. The molecule has 1 aromatic rings. The van der Waals surface area contributed by atoms with Crippen molar-refractivity contribution in [3.05, 3.63) is 27.2 Å². The fourth-order valence-electron chi connectivity index (χ4n) is 2.85. The van der Waals surface area contributed by atoms with Crippen LogP contribution in [-0.4, -0.2) is 38.1 Å². The smallest absolute Gasteiger partial charge is 0.314 e. The van der Waals surface area contributed by atoms with Crippen LogP contribution >= 0.6 is 34.8 Å². The Bertz CT molecular complexity index is 602. The standard InChI is InChI=1S/C16H19Cl3N2O3/c1-2-24-16(23)10-4-3-5-21(8-10)9-14(22)20-15-12(18)6-11(17)7-13(15)19/h6-7,10H,2-5,8-9H2,1H3,(H,20,22)/p+1/t10-/m0/s1. The molecule has 0 aliphatic carbocycles. The summed E-state index contributed by atoms with van der Waals surface area (Å²) in [4.78, 5) is 25.2. The number of anilines is 1. The number of esters is 1. The third kappa shape index (κ3) is 5.24. The minimum Gasteiger partial charge on any atom is -0.466 e. The molecule has 0 radical (unpaired) electrons. The summed E-state index contributed by atoms with van der Waals surface area (Å²) in [6.45, 7) is 3.84. The van der Waals surface area contributed by atoms with Gasteiger partial charge in [0.2, 0.25) is 0 Å². The van der Waals surface area contributed by atoms with E-state index in [1.165, 1.54) is 12.1 Å². The Morgan fingerprint density at radius 1 is 1.29 bits per heavy atom. The molecular formula is C16H20Cl3N2O3+. The van der Waals surface area contributed by atoms with Gasteiger partial charge in [-0.25, -0.2) is 0 Å². The first-order valence-corrected chi connectivity index (χ1v) is 8.98. The van der Waals surface area contributed by atoms with Gasteiger partial charge in [-0.15, -0.1) is 0 Å². The van der Waals surface area contributed by atoms with E-state index in [2.05, 4.69) is 5.32 Å². The molecule has 1 aliphatic rings. The van der Waals surface area contributed by atoms with Crippen LogP contribution in [0.2, 0.25) is 15.1 Å². The summed E-state index contributed by atoms with van der Waals surface area (Å²) in [5.74, 6) is -0.538. The number of rotatable bonds is 5. The highest BCUT2D eigenvalue weighted by atomic mass is 35.5. The highest BCUT2D eigenvalue weighted by Crippen LogP contribution is 2.33. The second kappa shape index (κ2) is 8.90. The van der Waals surface area contributed by atoms with Crippen LogP contribution in [-0.2, 0) is 14.3 Å². The van der Waals surface area contributed by atoms with E-state index in [1.807, 2.05) is 0 Å². The van der Waals surface area contributed by atoms with E-state index in [-0.39, 0.29) is 24.3 Å². The summed E-state index contributed by atoms with van der Waals surface area (Å²) in [6.07, 6.45) is 1.69. The number of likely N-dealkylation sites (tertiary alicyclic amines) is 1. The van der Waals surface area contributed by atoms with Crippen molar-refractivity contribution >= 4 is 52.4 Å². The van der Waals surface area contributed by atoms with E-state index in [9.17, 15) is 9.59 Å². The monoisotopic (exact) mass is 393 g/mol. The van der Waals surface area contributed by atoms with Gasteiger partial charge < -0.3 is 15.0 Å². The molecule has 1 aliphatic heterocycles. The lowest BCUT2D eigenvalue weighted by Gasteiger charge is -2.28. The van der Waals surface area contributed by atoms with Crippen LogP contribution in [0.3, 0.4) is 0 Å². The van der Waals surface area contributed by atoms with Crippen molar-refractivity contribution in [2.24, 2.45) is 5.92 Å². The molecule has 0 aromatic heterocycles. The molecule has 1 heterocycles. The zero-order valence-electron chi connectivity index (χ0n) is 13.3. The molecule has 2 N–H and O–H groups in total. The van der Waals surface area contributed by atoms with Crippen molar-refractivity contribution in [1.82, 2.24) is 0 Å². The van der Waals surface area contributed by atoms with Crippen LogP contribution in [0, 0.1) is 5.92 Å². The Hall–Kier alpha value is -1.01. The van der Waals surface area contributed by atoms with E-state index in [0.717, 1.165) is 24.3 Å². The van der Waals surface area contributed by atoms with Crippen molar-refractivity contribution in [1.29, 1.82) is 0 Å². The molecule has 0 bridgehead atoms. The molecule has 0 spiro atoms. The normalized spacial score (nSPS) is 20.5. The maximum absolute atomic E-state index is 12.3. The molecule has 2 rings (SSSR count). The Morgan fingerprint density at radius 2 is 1.96 bits per heavy atom. The van der Waals surface area contributed by atoms with Crippen molar-refractivity contribution in [3.8, 4) is 0 Å². The number of carbonyl (C=O) groups is 2. The molecule has 2 atom stereocenters. The SMILES string of the molecule is CCOC(=O)[C@H]1CCC[NH+](CC(=O)Nc2c(Cl)cc(Cl)cc2Cl)C1. The lowest BCUT2D eigenvalue weighted by atomic mass is 9.98. The summed E-state index contributed by atoms with van der Waals surface area (Å²) < 4.78 is 5.07. The van der Waals surface area contributed by atoms with E-state index in [4.69, 9.17) is 39.5 Å². The highest BCUT2D eigenvalue weighted by Gasteiger charge is 2.30. The number of carbonyl (C=O) groups excluding carboxylic acids is 2. The van der Waals surface area contributed by atoms with Crippen LogP contribution in [0.4, 0.5) is 5.69 Å². The van der Waals surface area contributed by atoms with Gasteiger partial charge in [-0.05, 0) is 31.9 Å². The van der Waals surface area contributed by atoms with Crippen molar-refractivity contribution in [2.45, 2.75) is 19.8 Å². The third-order valence-corrected chi connectivity index (χ3v) is 4.73. The Labute approximate surface area is 156 Å². The predicted molar refractivity (Wildman–Crippen MR) is 95.0 cm³/mol. The highest BCUT2D eigenvalue weighted by molar-refractivity contribution is 6.42. The minimum absolute atomic E-state index is 0.149. The minimum atomic E-state index is -0.208. The van der Waals surface area contributed by atoms with E-state index < -0.39 is 0 Å². The van der Waals surface area contributed by atoms with Gasteiger partial charge >= 0.3 is 5.97 Å². The van der Waals surface area contributed by atoms with Gasteiger partial charge in [0.05, 0.1) is 35.4 Å². The Balaban J connectivity index is 1.94. The number of hydrogen-bond donors (Lipinski definition) is 2. The van der Waals surface area contributed by atoms with E-state index >= 15 is 0 Å². The summed E-state index contributed by atoms with van der Waals surface area (Å²) >= 11 is 18.0. The molecule has 1 aromatic carbocycles. The number of quaternary nitrogens is 1. The topological polar surface area (TPSA) is 59.8 Å². The first kappa shape index (κ1) is 19.3. The van der Waals surface area contributed by atoms with Gasteiger partial charge in [-0.1, -0.05) is 34.8 Å². The summed E-state index contributed by atoms with van der Waals surface area (Å²) in [5, 5.41) is 3.71. The van der Waals surface area contributed by atoms with Gasteiger partial charge in [-0.2, -0.15) is 0 Å². The van der Waals surface area contributed by atoms with E-state index in [0.29, 0.717) is 33.9 Å². The number of nitrogens with one attached hydrogen (secondary N) is 2. The van der Waals surface area contributed by atoms with Crippen LogP contribution in [0.15, 0.2) is 12.1 Å².